The van der Waals surface area contributed by atoms with E-state index in [1.54, 1.807) is 5.06 Å². The second-order valence-corrected chi connectivity index (χ2v) is 10.4. The first-order valence-corrected chi connectivity index (χ1v) is 13.8. The highest BCUT2D eigenvalue weighted by Crippen LogP contribution is 2.45. The van der Waals surface area contributed by atoms with Crippen molar-refractivity contribution in [3.63, 3.8) is 0 Å². The second-order valence-electron chi connectivity index (χ2n) is 10.4. The van der Waals surface area contributed by atoms with Crippen molar-refractivity contribution in [3.8, 4) is 22.9 Å². The highest BCUT2D eigenvalue weighted by Gasteiger charge is 2.24. The molecule has 0 spiro atoms. The molecular weight excluding hydrogens is 514 g/mol. The van der Waals surface area contributed by atoms with Gasteiger partial charge in [-0.1, -0.05) is 97.6 Å². The first kappa shape index (κ1) is 23.9. The Kier molecular flexibility index (Phi) is 5.32. The van der Waals surface area contributed by atoms with Gasteiger partial charge in [0.1, 0.15) is 0 Å². The molecule has 2 heterocycles. The molecule has 2 aliphatic heterocycles. The minimum Gasteiger partial charge on any atom is -0.373 e. The fourth-order valence-electron chi connectivity index (χ4n) is 6.21. The van der Waals surface area contributed by atoms with Crippen molar-refractivity contribution in [2.45, 2.75) is 0 Å². The fraction of sp³-hybridized carbons (Fsp3) is 0. The molecule has 42 heavy (non-hydrogen) atoms. The van der Waals surface area contributed by atoms with Crippen LogP contribution in [0.2, 0.25) is 0 Å². The van der Waals surface area contributed by atoms with Gasteiger partial charge in [0.15, 0.2) is 11.6 Å². The Balaban J connectivity index is 1.40. The van der Waals surface area contributed by atoms with Crippen LogP contribution < -0.4 is 4.84 Å². The van der Waals surface area contributed by atoms with Gasteiger partial charge >= 0.3 is 0 Å². The molecule has 0 fully saturated rings. The van der Waals surface area contributed by atoms with Crippen LogP contribution in [0.3, 0.4) is 0 Å². The lowest BCUT2D eigenvalue weighted by Gasteiger charge is -2.25. The van der Waals surface area contributed by atoms with Gasteiger partial charge in [-0.25, -0.2) is 4.99 Å². The second kappa shape index (κ2) is 9.33. The molecule has 2 aliphatic rings. The van der Waals surface area contributed by atoms with E-state index in [0.29, 0.717) is 22.8 Å². The highest BCUT2D eigenvalue weighted by molar-refractivity contribution is 6.22. The van der Waals surface area contributed by atoms with E-state index in [2.05, 4.69) is 79.4 Å². The zero-order valence-corrected chi connectivity index (χ0v) is 22.6. The number of allylic oxidation sites excluding steroid dienone is 2. The number of nitriles is 1. The summed E-state index contributed by atoms with van der Waals surface area (Å²) in [6, 6.07) is 39.5. The van der Waals surface area contributed by atoms with E-state index in [4.69, 9.17) is 9.83 Å². The molecule has 0 radical (unpaired) electrons. The summed E-state index contributed by atoms with van der Waals surface area (Å²) in [4.78, 5) is 11.1. The van der Waals surface area contributed by atoms with E-state index >= 15 is 0 Å². The number of aliphatic imine (C=N–C) groups is 1. The molecule has 4 heteroatoms. The van der Waals surface area contributed by atoms with E-state index in [-0.39, 0.29) is 0 Å². The third-order valence-corrected chi connectivity index (χ3v) is 8.07. The number of benzene rings is 6. The number of nitrogens with zero attached hydrogens (tertiary/aromatic N) is 3. The van der Waals surface area contributed by atoms with E-state index < -0.39 is 0 Å². The summed E-state index contributed by atoms with van der Waals surface area (Å²) in [7, 11) is 0. The number of para-hydroxylation sites is 1. The molecule has 196 valence electrons. The van der Waals surface area contributed by atoms with Crippen LogP contribution in [0.1, 0.15) is 16.7 Å². The first-order valence-electron chi connectivity index (χ1n) is 13.8. The number of amidine groups is 1. The smallest absolute Gasteiger partial charge is 0.169 e. The van der Waals surface area contributed by atoms with Crippen molar-refractivity contribution >= 4 is 49.4 Å². The van der Waals surface area contributed by atoms with E-state index in [1.165, 1.54) is 0 Å². The Bertz CT molecular complexity index is 2210. The minimum atomic E-state index is 0.666. The van der Waals surface area contributed by atoms with Crippen molar-refractivity contribution in [2.24, 2.45) is 4.99 Å². The van der Waals surface area contributed by atoms with Gasteiger partial charge in [0.2, 0.25) is 0 Å². The predicted octanol–water partition coefficient (Wildman–Crippen LogP) is 9.27. The summed E-state index contributed by atoms with van der Waals surface area (Å²) in [5, 5.41) is 18.1. The average molecular weight is 538 g/mol. The van der Waals surface area contributed by atoms with Crippen molar-refractivity contribution < 1.29 is 4.84 Å². The summed E-state index contributed by atoms with van der Waals surface area (Å²) in [6.07, 6.45) is 6.10. The van der Waals surface area contributed by atoms with Gasteiger partial charge < -0.3 is 4.84 Å². The molecule has 6 aromatic carbocycles. The molecule has 0 aromatic heterocycles. The zero-order valence-electron chi connectivity index (χ0n) is 22.6. The maximum Gasteiger partial charge on any atom is 0.169 e. The van der Waals surface area contributed by atoms with Crippen LogP contribution >= 0.6 is 0 Å². The van der Waals surface area contributed by atoms with Crippen LogP contribution in [0.4, 0.5) is 0 Å². The lowest BCUT2D eigenvalue weighted by molar-refractivity contribution is 0.0742. The summed E-state index contributed by atoms with van der Waals surface area (Å²) < 4.78 is 0. The Morgan fingerprint density at radius 3 is 1.90 bits per heavy atom. The van der Waals surface area contributed by atoms with E-state index in [0.717, 1.165) is 60.1 Å². The quantitative estimate of drug-likeness (QED) is 0.207. The Morgan fingerprint density at radius 1 is 0.619 bits per heavy atom. The normalized spacial score (nSPS) is 14.1. The number of hydroxylamine groups is 2. The zero-order chi connectivity index (χ0) is 28.2. The summed E-state index contributed by atoms with van der Waals surface area (Å²) in [5.74, 6) is 1.39. The third kappa shape index (κ3) is 3.58. The molecule has 8 rings (SSSR count). The van der Waals surface area contributed by atoms with Gasteiger partial charge in [-0.05, 0) is 74.0 Å². The lowest BCUT2D eigenvalue weighted by atomic mass is 9.84. The Morgan fingerprint density at radius 2 is 1.21 bits per heavy atom. The average Bonchev–Trinajstić information content (AvgIpc) is 3.18. The molecule has 0 amide bonds. The van der Waals surface area contributed by atoms with Crippen molar-refractivity contribution in [1.82, 2.24) is 5.06 Å². The molecule has 0 atom stereocenters. The third-order valence-electron chi connectivity index (χ3n) is 8.07. The lowest BCUT2D eigenvalue weighted by Crippen LogP contribution is -2.29. The molecule has 0 bridgehead atoms. The topological polar surface area (TPSA) is 48.6 Å². The van der Waals surface area contributed by atoms with Gasteiger partial charge in [-0.15, -0.1) is 0 Å². The van der Waals surface area contributed by atoms with Gasteiger partial charge in [0.05, 0.1) is 23.5 Å². The van der Waals surface area contributed by atoms with Crippen LogP contribution in [0, 0.1) is 11.3 Å². The van der Waals surface area contributed by atoms with Gasteiger partial charge in [0.25, 0.3) is 0 Å². The van der Waals surface area contributed by atoms with Crippen LogP contribution in [-0.4, -0.2) is 10.9 Å². The summed E-state index contributed by atoms with van der Waals surface area (Å²) in [5.41, 5.74) is 6.62. The van der Waals surface area contributed by atoms with Crippen LogP contribution in [0.5, 0.6) is 5.75 Å². The number of rotatable bonds is 2. The highest BCUT2D eigenvalue weighted by atomic mass is 16.7. The van der Waals surface area contributed by atoms with Crippen molar-refractivity contribution in [2.75, 3.05) is 0 Å². The van der Waals surface area contributed by atoms with Crippen LogP contribution in [0.15, 0.2) is 139 Å². The minimum absolute atomic E-state index is 0.666. The predicted molar refractivity (Wildman–Crippen MR) is 172 cm³/mol. The molecule has 4 nitrogen and oxygen atoms in total. The first-order chi connectivity index (χ1) is 20.7. The molecule has 0 saturated carbocycles. The maximum atomic E-state index is 9.80. The van der Waals surface area contributed by atoms with Crippen LogP contribution in [-0.2, 0) is 0 Å². The molecule has 0 unspecified atom stereocenters. The molecule has 6 aromatic rings. The van der Waals surface area contributed by atoms with Gasteiger partial charge in [-0.3, -0.25) is 0 Å². The maximum absolute atomic E-state index is 9.80. The summed E-state index contributed by atoms with van der Waals surface area (Å²) in [6.45, 7) is 4.17. The SMILES string of the molecule is C=C1N=C2C=CC(c3c4ccccc4c(-c4ccc(C#N)c5ccccc45)c4ccccc34)=CN2Oc2ccccc21. The van der Waals surface area contributed by atoms with Crippen LogP contribution in [0.25, 0.3) is 54.7 Å². The Hall–Kier alpha value is -5.92. The molecule has 0 saturated heterocycles. The molecule has 0 N–H and O–H groups in total. The number of fused-ring (bicyclic) bond motifs is 5. The van der Waals surface area contributed by atoms with Crippen molar-refractivity contribution in [1.29, 1.82) is 5.26 Å². The molecule has 0 aliphatic carbocycles. The van der Waals surface area contributed by atoms with Gasteiger partial charge in [0, 0.05) is 16.5 Å². The van der Waals surface area contributed by atoms with Crippen molar-refractivity contribution in [3.05, 3.63) is 151 Å². The molecular formula is C38H23N3O. The number of hydrogen-bond donors (Lipinski definition) is 0. The fourth-order valence-corrected chi connectivity index (χ4v) is 6.21. The number of hydrogen-bond acceptors (Lipinski definition) is 4. The monoisotopic (exact) mass is 537 g/mol. The standard InChI is InChI=1S/C38H23N3O/c1-24-27-10-8-9-17-35(27)42-41-23-26(19-21-36(41)40-24)37-30-13-4-6-15-32(30)38(33-16-7-5-14-31(33)37)34-20-18-25(22-39)28-11-2-3-12-29(28)34/h2-21,23H,1H2. The largest absolute Gasteiger partial charge is 0.373 e. The Labute approximate surface area is 243 Å². The van der Waals surface area contributed by atoms with E-state index in [9.17, 15) is 5.26 Å². The summed E-state index contributed by atoms with van der Waals surface area (Å²) >= 11 is 0. The van der Waals surface area contributed by atoms with E-state index in [1.807, 2.05) is 60.8 Å². The van der Waals surface area contributed by atoms with Gasteiger partial charge in [-0.2, -0.15) is 10.3 Å².